The third kappa shape index (κ3) is 4.36. The molecular weight excluding hydrogens is 310 g/mol. The van der Waals surface area contributed by atoms with Gasteiger partial charge >= 0.3 is 11.8 Å². The number of nitrogens with one attached hydrogen (secondary N) is 2. The van der Waals surface area contributed by atoms with Gasteiger partial charge in [-0.05, 0) is 31.2 Å². The number of para-hydroxylation sites is 2. The molecule has 0 spiro atoms. The predicted octanol–water partition coefficient (Wildman–Crippen LogP) is 1.21. The van der Waals surface area contributed by atoms with Crippen molar-refractivity contribution < 1.29 is 19.4 Å². The minimum Gasteiger partial charge on any atom is -0.492 e. The number of carbonyl (C=O) groups excluding carboxylic acids is 2. The lowest BCUT2D eigenvalue weighted by Crippen LogP contribution is -2.37. The van der Waals surface area contributed by atoms with E-state index in [9.17, 15) is 14.7 Å². The topological polar surface area (TPSA) is 92.6 Å². The minimum absolute atomic E-state index is 0.0583. The maximum atomic E-state index is 12.0. The summed E-state index contributed by atoms with van der Waals surface area (Å²) in [5.74, 6) is -1.15. The number of aryl methyl sites for hydroxylation is 1. The zero-order chi connectivity index (χ0) is 17.5. The number of ether oxygens (including phenoxy) is 1. The number of aliphatic hydroxyl groups excluding tert-OH is 1. The van der Waals surface area contributed by atoms with E-state index in [4.69, 9.17) is 4.74 Å². The highest BCUT2D eigenvalue weighted by Crippen LogP contribution is 2.23. The van der Waals surface area contributed by atoms with Crippen molar-refractivity contribution in [2.24, 2.45) is 7.05 Å². The largest absolute Gasteiger partial charge is 0.492 e. The van der Waals surface area contributed by atoms with Gasteiger partial charge in [0.15, 0.2) is 0 Å². The molecule has 0 aliphatic heterocycles. The zero-order valence-corrected chi connectivity index (χ0v) is 13.7. The van der Waals surface area contributed by atoms with Crippen molar-refractivity contribution in [1.29, 1.82) is 0 Å². The first-order chi connectivity index (χ1) is 11.5. The number of benzene rings is 1. The maximum absolute atomic E-state index is 12.0. The molecular formula is C17H21N3O4. The molecule has 0 fully saturated rings. The van der Waals surface area contributed by atoms with Crippen LogP contribution >= 0.6 is 0 Å². The Hall–Kier alpha value is -2.80. The summed E-state index contributed by atoms with van der Waals surface area (Å²) in [6.07, 6.45) is 0.898. The van der Waals surface area contributed by atoms with Crippen LogP contribution in [0.2, 0.25) is 0 Å². The van der Waals surface area contributed by atoms with E-state index in [0.29, 0.717) is 23.7 Å². The molecule has 0 saturated heterocycles. The molecule has 1 aromatic carbocycles. The first kappa shape index (κ1) is 17.6. The molecule has 2 aromatic rings. The highest BCUT2D eigenvalue weighted by molar-refractivity contribution is 6.39. The van der Waals surface area contributed by atoms with Crippen LogP contribution in [0.1, 0.15) is 18.7 Å². The Morgan fingerprint density at radius 3 is 2.62 bits per heavy atom. The first-order valence-corrected chi connectivity index (χ1v) is 7.63. The maximum Gasteiger partial charge on any atom is 0.313 e. The third-order valence-electron chi connectivity index (χ3n) is 3.42. The van der Waals surface area contributed by atoms with Gasteiger partial charge < -0.3 is 25.0 Å². The summed E-state index contributed by atoms with van der Waals surface area (Å²) in [7, 11) is 1.79. The molecule has 128 valence electrons. The molecule has 3 N–H and O–H groups in total. The molecule has 2 rings (SSSR count). The quantitative estimate of drug-likeness (QED) is 0.694. The van der Waals surface area contributed by atoms with Crippen LogP contribution < -0.4 is 15.4 Å². The van der Waals surface area contributed by atoms with Gasteiger partial charge in [-0.3, -0.25) is 9.59 Å². The Balaban J connectivity index is 1.91. The molecule has 1 aromatic heterocycles. The molecule has 0 radical (unpaired) electrons. The van der Waals surface area contributed by atoms with Crippen LogP contribution in [0.15, 0.2) is 42.6 Å². The molecule has 1 atom stereocenters. The van der Waals surface area contributed by atoms with Crippen molar-refractivity contribution in [2.75, 3.05) is 18.5 Å². The van der Waals surface area contributed by atoms with E-state index in [1.165, 1.54) is 0 Å². The van der Waals surface area contributed by atoms with Gasteiger partial charge in [-0.25, -0.2) is 0 Å². The fraction of sp³-hybridized carbons (Fsp3) is 0.294. The van der Waals surface area contributed by atoms with Crippen LogP contribution in [0, 0.1) is 0 Å². The van der Waals surface area contributed by atoms with E-state index in [2.05, 4.69) is 10.6 Å². The van der Waals surface area contributed by atoms with E-state index in [1.807, 2.05) is 6.92 Å². The van der Waals surface area contributed by atoms with Gasteiger partial charge in [0, 0.05) is 25.5 Å². The summed E-state index contributed by atoms with van der Waals surface area (Å²) < 4.78 is 7.13. The molecule has 24 heavy (non-hydrogen) atoms. The molecule has 7 heteroatoms. The Bertz CT molecular complexity index is 711. The number of rotatable bonds is 6. The van der Waals surface area contributed by atoms with Gasteiger partial charge in [0.25, 0.3) is 0 Å². The SMILES string of the molecule is CCOc1ccccc1NC(=O)C(=O)NCC(O)c1cccn1C. The predicted molar refractivity (Wildman–Crippen MR) is 89.6 cm³/mol. The summed E-state index contributed by atoms with van der Waals surface area (Å²) in [6, 6.07) is 10.4. The lowest BCUT2D eigenvalue weighted by atomic mass is 10.2. The van der Waals surface area contributed by atoms with Gasteiger partial charge in [-0.2, -0.15) is 0 Å². The fourth-order valence-corrected chi connectivity index (χ4v) is 2.23. The normalized spacial score (nSPS) is 11.6. The van der Waals surface area contributed by atoms with Crippen LogP contribution in [0.3, 0.4) is 0 Å². The van der Waals surface area contributed by atoms with Crippen molar-refractivity contribution in [2.45, 2.75) is 13.0 Å². The standard InChI is InChI=1S/C17H21N3O4/c1-3-24-15-9-5-4-7-12(15)19-17(23)16(22)18-11-14(21)13-8-6-10-20(13)2/h4-10,14,21H,3,11H2,1-2H3,(H,18,22)(H,19,23). The van der Waals surface area contributed by atoms with E-state index < -0.39 is 17.9 Å². The Morgan fingerprint density at radius 1 is 1.21 bits per heavy atom. The molecule has 0 bridgehead atoms. The number of hydrogen-bond acceptors (Lipinski definition) is 4. The van der Waals surface area contributed by atoms with Crippen molar-refractivity contribution in [3.8, 4) is 5.75 Å². The van der Waals surface area contributed by atoms with Crippen molar-refractivity contribution in [3.05, 3.63) is 48.3 Å². The summed E-state index contributed by atoms with van der Waals surface area (Å²) in [4.78, 5) is 23.9. The molecule has 1 unspecified atom stereocenters. The molecule has 0 aliphatic carbocycles. The van der Waals surface area contributed by atoms with E-state index in [1.54, 1.807) is 54.2 Å². The van der Waals surface area contributed by atoms with Crippen LogP contribution in [0.5, 0.6) is 5.75 Å². The Kier molecular flexibility index (Phi) is 5.97. The van der Waals surface area contributed by atoms with Crippen LogP contribution in [0.25, 0.3) is 0 Å². The fourth-order valence-electron chi connectivity index (χ4n) is 2.23. The zero-order valence-electron chi connectivity index (χ0n) is 13.7. The van der Waals surface area contributed by atoms with Crippen LogP contribution in [0.4, 0.5) is 5.69 Å². The van der Waals surface area contributed by atoms with Gasteiger partial charge in [0.05, 0.1) is 12.3 Å². The number of carbonyl (C=O) groups is 2. The van der Waals surface area contributed by atoms with Crippen LogP contribution in [-0.4, -0.2) is 34.6 Å². The number of anilines is 1. The van der Waals surface area contributed by atoms with E-state index >= 15 is 0 Å². The third-order valence-corrected chi connectivity index (χ3v) is 3.42. The lowest BCUT2D eigenvalue weighted by molar-refractivity contribution is -0.136. The average molecular weight is 331 g/mol. The Labute approximate surface area is 140 Å². The second-order valence-corrected chi connectivity index (χ2v) is 5.15. The smallest absolute Gasteiger partial charge is 0.313 e. The first-order valence-electron chi connectivity index (χ1n) is 7.63. The van der Waals surface area contributed by atoms with E-state index in [0.717, 1.165) is 0 Å². The summed E-state index contributed by atoms with van der Waals surface area (Å²) in [6.45, 7) is 2.22. The highest BCUT2D eigenvalue weighted by atomic mass is 16.5. The summed E-state index contributed by atoms with van der Waals surface area (Å²) in [5.41, 5.74) is 1.07. The highest BCUT2D eigenvalue weighted by Gasteiger charge is 2.18. The molecule has 7 nitrogen and oxygen atoms in total. The summed E-state index contributed by atoms with van der Waals surface area (Å²) in [5, 5.41) is 15.0. The van der Waals surface area contributed by atoms with Crippen LogP contribution in [-0.2, 0) is 16.6 Å². The van der Waals surface area contributed by atoms with Gasteiger partial charge in [0.1, 0.15) is 11.9 Å². The van der Waals surface area contributed by atoms with Crippen molar-refractivity contribution >= 4 is 17.5 Å². The molecule has 2 amide bonds. The van der Waals surface area contributed by atoms with Gasteiger partial charge in [-0.1, -0.05) is 12.1 Å². The monoisotopic (exact) mass is 331 g/mol. The molecule has 0 saturated carbocycles. The minimum atomic E-state index is -0.891. The molecule has 0 aliphatic rings. The van der Waals surface area contributed by atoms with E-state index in [-0.39, 0.29) is 6.54 Å². The number of aromatic nitrogens is 1. The average Bonchev–Trinajstić information content (AvgIpc) is 3.00. The number of aliphatic hydroxyl groups is 1. The van der Waals surface area contributed by atoms with Gasteiger partial charge in [0.2, 0.25) is 0 Å². The molecule has 1 heterocycles. The second kappa shape index (κ2) is 8.16. The number of amides is 2. The van der Waals surface area contributed by atoms with Crippen molar-refractivity contribution in [1.82, 2.24) is 9.88 Å². The second-order valence-electron chi connectivity index (χ2n) is 5.15. The van der Waals surface area contributed by atoms with Crippen molar-refractivity contribution in [3.63, 3.8) is 0 Å². The lowest BCUT2D eigenvalue weighted by Gasteiger charge is -2.14. The Morgan fingerprint density at radius 2 is 1.96 bits per heavy atom. The van der Waals surface area contributed by atoms with Gasteiger partial charge in [-0.15, -0.1) is 0 Å². The number of nitrogens with zero attached hydrogens (tertiary/aromatic N) is 1. The summed E-state index contributed by atoms with van der Waals surface area (Å²) >= 11 is 0. The number of hydrogen-bond donors (Lipinski definition) is 3.